The molecule has 2 rings (SSSR count). The van der Waals surface area contributed by atoms with Gasteiger partial charge in [-0.1, -0.05) is 24.3 Å². The van der Waals surface area contributed by atoms with Gasteiger partial charge in [-0.3, -0.25) is 0 Å². The molecule has 2 atom stereocenters. The van der Waals surface area contributed by atoms with E-state index in [0.717, 1.165) is 6.54 Å². The quantitative estimate of drug-likeness (QED) is 0.898. The van der Waals surface area contributed by atoms with E-state index in [0.29, 0.717) is 6.04 Å². The van der Waals surface area contributed by atoms with Gasteiger partial charge in [0.25, 0.3) is 0 Å². The number of fused-ring (bicyclic) bond motifs is 1. The van der Waals surface area contributed by atoms with Crippen molar-refractivity contribution in [1.29, 1.82) is 0 Å². The third kappa shape index (κ3) is 5.02. The second kappa shape index (κ2) is 7.14. The first-order valence-corrected chi connectivity index (χ1v) is 8.26. The van der Waals surface area contributed by atoms with Gasteiger partial charge in [-0.25, -0.2) is 4.79 Å². The molecule has 0 bridgehead atoms. The fourth-order valence-electron chi connectivity index (χ4n) is 2.97. The van der Waals surface area contributed by atoms with Crippen molar-refractivity contribution in [3.63, 3.8) is 0 Å². The zero-order chi connectivity index (χ0) is 16.2. The molecule has 0 spiro atoms. The van der Waals surface area contributed by atoms with Crippen LogP contribution in [0.4, 0.5) is 4.79 Å². The van der Waals surface area contributed by atoms with Crippen LogP contribution in [0.3, 0.4) is 0 Å². The zero-order valence-electron chi connectivity index (χ0n) is 14.2. The van der Waals surface area contributed by atoms with Crippen molar-refractivity contribution in [2.45, 2.75) is 64.6 Å². The number of nitrogens with one attached hydrogen (secondary N) is 1. The Morgan fingerprint density at radius 1 is 1.41 bits per heavy atom. The number of carbonyl (C=O) groups is 1. The minimum absolute atomic E-state index is 0.0870. The normalized spacial score (nSPS) is 19.2. The van der Waals surface area contributed by atoms with Gasteiger partial charge in [0.15, 0.2) is 0 Å². The minimum atomic E-state index is -0.449. The highest BCUT2D eigenvalue weighted by Crippen LogP contribution is 2.26. The number of aryl methyl sites for hydroxylation is 1. The smallest absolute Gasteiger partial charge is 0.408 e. The molecule has 1 aromatic rings. The standard InChI is InChI=1S/C18H28N2O2/c1-13(20-17(21)22-18(2,3)4)12-19-16-11-7-9-14-8-5-6-10-15(14)16/h5-6,8,10,13,16,19H,7,9,11-12H2,1-4H3,(H,20,21)/p+1/t13-,16-/m1/s1. The SMILES string of the molecule is C[C@H](C[NH2+][C@@H]1CCCc2ccccc21)NC(=O)OC(C)(C)C. The van der Waals surface area contributed by atoms with Gasteiger partial charge >= 0.3 is 6.09 Å². The fourth-order valence-corrected chi connectivity index (χ4v) is 2.97. The maximum Gasteiger partial charge on any atom is 0.408 e. The Balaban J connectivity index is 1.82. The van der Waals surface area contributed by atoms with E-state index in [1.807, 2.05) is 27.7 Å². The number of ether oxygens (including phenoxy) is 1. The van der Waals surface area contributed by atoms with E-state index in [1.54, 1.807) is 0 Å². The highest BCUT2D eigenvalue weighted by Gasteiger charge is 2.24. The van der Waals surface area contributed by atoms with Crippen LogP contribution < -0.4 is 10.6 Å². The lowest BCUT2D eigenvalue weighted by atomic mass is 9.87. The molecule has 0 heterocycles. The van der Waals surface area contributed by atoms with E-state index in [4.69, 9.17) is 4.74 Å². The van der Waals surface area contributed by atoms with Crippen molar-refractivity contribution in [3.8, 4) is 0 Å². The maximum absolute atomic E-state index is 11.8. The largest absolute Gasteiger partial charge is 0.444 e. The van der Waals surface area contributed by atoms with Gasteiger partial charge in [0.2, 0.25) is 0 Å². The molecule has 4 nitrogen and oxygen atoms in total. The number of amides is 1. The van der Waals surface area contributed by atoms with Crippen molar-refractivity contribution in [1.82, 2.24) is 5.32 Å². The number of carbonyl (C=O) groups excluding carboxylic acids is 1. The minimum Gasteiger partial charge on any atom is -0.444 e. The van der Waals surface area contributed by atoms with Crippen LogP contribution >= 0.6 is 0 Å². The second-order valence-corrected chi connectivity index (χ2v) is 7.22. The van der Waals surface area contributed by atoms with Crippen LogP contribution in [0, 0.1) is 0 Å². The predicted octanol–water partition coefficient (Wildman–Crippen LogP) is 2.54. The van der Waals surface area contributed by atoms with Gasteiger partial charge < -0.3 is 15.4 Å². The Bertz CT molecular complexity index is 508. The van der Waals surface area contributed by atoms with Crippen molar-refractivity contribution in [2.75, 3.05) is 6.54 Å². The summed E-state index contributed by atoms with van der Waals surface area (Å²) in [6.07, 6.45) is 3.30. The molecule has 0 fully saturated rings. The van der Waals surface area contributed by atoms with Crippen molar-refractivity contribution in [2.24, 2.45) is 0 Å². The summed E-state index contributed by atoms with van der Waals surface area (Å²) in [5.74, 6) is 0. The van der Waals surface area contributed by atoms with E-state index < -0.39 is 5.60 Å². The molecule has 4 heteroatoms. The van der Waals surface area contributed by atoms with Crippen LogP contribution in [0.1, 0.15) is 57.7 Å². The average Bonchev–Trinajstić information content (AvgIpc) is 2.43. The number of hydrogen-bond donors (Lipinski definition) is 2. The molecule has 0 aliphatic heterocycles. The van der Waals surface area contributed by atoms with Gasteiger partial charge in [0, 0.05) is 12.0 Å². The molecule has 1 amide bonds. The first kappa shape index (κ1) is 16.8. The summed E-state index contributed by atoms with van der Waals surface area (Å²) < 4.78 is 5.29. The molecule has 1 aliphatic carbocycles. The fraction of sp³-hybridized carbons (Fsp3) is 0.611. The summed E-state index contributed by atoms with van der Waals surface area (Å²) in [4.78, 5) is 11.8. The number of alkyl carbamates (subject to hydrolysis) is 1. The van der Waals surface area contributed by atoms with E-state index in [1.165, 1.54) is 30.4 Å². The molecule has 3 N–H and O–H groups in total. The topological polar surface area (TPSA) is 54.9 Å². The molecule has 1 aromatic carbocycles. The Morgan fingerprint density at radius 3 is 2.86 bits per heavy atom. The van der Waals surface area contributed by atoms with E-state index in [9.17, 15) is 4.79 Å². The van der Waals surface area contributed by atoms with Gasteiger partial charge in [-0.15, -0.1) is 0 Å². The molecule has 1 aliphatic rings. The Kier molecular flexibility index (Phi) is 5.46. The van der Waals surface area contributed by atoms with Gasteiger partial charge in [-0.05, 0) is 46.1 Å². The zero-order valence-corrected chi connectivity index (χ0v) is 14.2. The third-order valence-electron chi connectivity index (χ3n) is 3.95. The van der Waals surface area contributed by atoms with Crippen LogP contribution in [-0.2, 0) is 11.2 Å². The monoisotopic (exact) mass is 305 g/mol. The van der Waals surface area contributed by atoms with Crippen molar-refractivity contribution >= 4 is 6.09 Å². The highest BCUT2D eigenvalue weighted by atomic mass is 16.6. The molecule has 122 valence electrons. The number of hydrogen-bond acceptors (Lipinski definition) is 2. The molecule has 0 unspecified atom stereocenters. The van der Waals surface area contributed by atoms with Gasteiger partial charge in [0.1, 0.15) is 11.6 Å². The number of rotatable bonds is 4. The van der Waals surface area contributed by atoms with Crippen LogP contribution in [-0.4, -0.2) is 24.3 Å². The summed E-state index contributed by atoms with van der Waals surface area (Å²) in [6.45, 7) is 8.51. The van der Waals surface area contributed by atoms with Crippen LogP contribution in [0.15, 0.2) is 24.3 Å². The molecule has 0 saturated carbocycles. The lowest BCUT2D eigenvalue weighted by molar-refractivity contribution is -0.698. The summed E-state index contributed by atoms with van der Waals surface area (Å²) in [5.41, 5.74) is 2.48. The van der Waals surface area contributed by atoms with Crippen LogP contribution in [0.5, 0.6) is 0 Å². The summed E-state index contributed by atoms with van der Waals surface area (Å²) in [6, 6.07) is 9.30. The summed E-state index contributed by atoms with van der Waals surface area (Å²) in [5, 5.41) is 5.25. The van der Waals surface area contributed by atoms with Crippen molar-refractivity contribution < 1.29 is 14.8 Å². The van der Waals surface area contributed by atoms with Crippen molar-refractivity contribution in [3.05, 3.63) is 35.4 Å². The highest BCUT2D eigenvalue weighted by molar-refractivity contribution is 5.68. The van der Waals surface area contributed by atoms with E-state index in [-0.39, 0.29) is 12.1 Å². The second-order valence-electron chi connectivity index (χ2n) is 7.22. The van der Waals surface area contributed by atoms with E-state index in [2.05, 4.69) is 34.9 Å². The number of nitrogens with two attached hydrogens (primary N) is 1. The lowest BCUT2D eigenvalue weighted by Gasteiger charge is -2.25. The molecular weight excluding hydrogens is 276 g/mol. The molecule has 0 radical (unpaired) electrons. The maximum atomic E-state index is 11.8. The summed E-state index contributed by atoms with van der Waals surface area (Å²) in [7, 11) is 0. The van der Waals surface area contributed by atoms with Crippen LogP contribution in [0.2, 0.25) is 0 Å². The van der Waals surface area contributed by atoms with Gasteiger partial charge in [0.05, 0.1) is 12.6 Å². The molecule has 0 saturated heterocycles. The number of quaternary nitrogens is 1. The molecular formula is C18H29N2O2+. The Labute approximate surface area is 133 Å². The third-order valence-corrected chi connectivity index (χ3v) is 3.95. The van der Waals surface area contributed by atoms with Crippen LogP contribution in [0.25, 0.3) is 0 Å². The Morgan fingerprint density at radius 2 is 2.14 bits per heavy atom. The summed E-state index contributed by atoms with van der Waals surface area (Å²) >= 11 is 0. The Hall–Kier alpha value is -1.55. The average molecular weight is 305 g/mol. The first-order valence-electron chi connectivity index (χ1n) is 8.26. The number of benzene rings is 1. The predicted molar refractivity (Wildman–Crippen MR) is 87.7 cm³/mol. The van der Waals surface area contributed by atoms with E-state index >= 15 is 0 Å². The van der Waals surface area contributed by atoms with Gasteiger partial charge in [-0.2, -0.15) is 0 Å². The first-order chi connectivity index (χ1) is 10.3. The lowest BCUT2D eigenvalue weighted by Crippen LogP contribution is -2.88. The molecule has 0 aromatic heterocycles. The molecule has 22 heavy (non-hydrogen) atoms.